The van der Waals surface area contributed by atoms with Crippen molar-refractivity contribution in [1.82, 2.24) is 25.8 Å². The molecule has 16 nitrogen and oxygen atoms in total. The lowest BCUT2D eigenvalue weighted by Gasteiger charge is -2.40. The number of methoxy groups -OCH3 is 3. The Morgan fingerprint density at radius 1 is 0.933 bits per heavy atom. The van der Waals surface area contributed by atoms with Crippen LogP contribution >= 0.6 is 0 Å². The van der Waals surface area contributed by atoms with Crippen molar-refractivity contribution in [2.24, 2.45) is 0 Å². The Morgan fingerprint density at radius 3 is 2.33 bits per heavy atom. The summed E-state index contributed by atoms with van der Waals surface area (Å²) in [5, 5.41) is 9.25. The second-order valence-corrected chi connectivity index (χ2v) is 19.7. The predicted octanol–water partition coefficient (Wildman–Crippen LogP) is 4.92. The van der Waals surface area contributed by atoms with E-state index in [-0.39, 0.29) is 43.0 Å². The number of esters is 2. The van der Waals surface area contributed by atoms with Gasteiger partial charge < -0.3 is 39.8 Å². The molecule has 3 aliphatic rings. The number of allylic oxidation sites excluding steroid dienone is 2. The van der Waals surface area contributed by atoms with Crippen LogP contribution in [0.3, 0.4) is 0 Å². The lowest BCUT2D eigenvalue weighted by Crippen LogP contribution is -2.61. The normalized spacial score (nSPS) is 23.2. The fourth-order valence-electron chi connectivity index (χ4n) is 8.12. The van der Waals surface area contributed by atoms with Gasteiger partial charge >= 0.3 is 18.0 Å². The van der Waals surface area contributed by atoms with E-state index in [0.717, 1.165) is 38.5 Å². The van der Waals surface area contributed by atoms with E-state index in [2.05, 4.69) is 20.9 Å². The summed E-state index contributed by atoms with van der Waals surface area (Å²) >= 11 is 0. The summed E-state index contributed by atoms with van der Waals surface area (Å²) in [4.78, 5) is 74.5. The van der Waals surface area contributed by atoms with Crippen molar-refractivity contribution in [2.45, 2.75) is 139 Å². The largest absolute Gasteiger partial charge is 0.497 e. The van der Waals surface area contributed by atoms with E-state index in [0.29, 0.717) is 42.3 Å². The SMILES string of the molecule is COC(=O)c1cc(O[C@@H]2C[C@H]3C(=O)N[C@H](C(=O)OC)CCC=CCCCCC[C@H](NC(=O)NC4(CS(=O)(=O)C(C)(C)C)CCCCC4)C(=O)N3C2)c2ccc(OC)cc2n1. The number of sulfone groups is 1. The van der Waals surface area contributed by atoms with Crippen molar-refractivity contribution >= 4 is 50.5 Å². The van der Waals surface area contributed by atoms with Crippen LogP contribution in [-0.4, -0.2) is 116 Å². The average Bonchev–Trinajstić information content (AvgIpc) is 3.64. The van der Waals surface area contributed by atoms with E-state index in [4.69, 9.17) is 18.9 Å². The lowest BCUT2D eigenvalue weighted by molar-refractivity contribution is -0.146. The van der Waals surface area contributed by atoms with Crippen molar-refractivity contribution < 1.29 is 51.3 Å². The number of carbonyl (C=O) groups excluding carboxylic acids is 5. The molecule has 2 fully saturated rings. The van der Waals surface area contributed by atoms with Gasteiger partial charge in [-0.25, -0.2) is 27.8 Å². The molecular weight excluding hydrogens is 795 g/mol. The fourth-order valence-corrected chi connectivity index (χ4v) is 9.64. The zero-order valence-corrected chi connectivity index (χ0v) is 36.5. The van der Waals surface area contributed by atoms with Crippen LogP contribution in [0.2, 0.25) is 0 Å². The van der Waals surface area contributed by atoms with Crippen LogP contribution in [0.25, 0.3) is 10.9 Å². The standard InChI is InChI=1S/C43H61N5O11S/c1-42(2,3)60(54,55)27-43(21-15-12-16-22-43)47-41(53)46-31-17-13-10-8-7-9-11-14-18-32(39(51)57-5)45-37(49)35-24-29(26-48(35)38(31)50)59-36-25-34(40(52)58-6)44-33-23-28(56-4)19-20-30(33)36/h9,11,19-20,23,25,29,31-32,35H,7-8,10,12-18,21-22,24,26-27H2,1-6H3,(H,45,49)(H2,46,47,53)/t29-,31+,32+,35+/m1/s1. The van der Waals surface area contributed by atoms with Gasteiger partial charge in [0.25, 0.3) is 0 Å². The molecule has 2 aliphatic heterocycles. The molecule has 1 saturated carbocycles. The van der Waals surface area contributed by atoms with Crippen molar-refractivity contribution in [1.29, 1.82) is 0 Å². The van der Waals surface area contributed by atoms with Gasteiger partial charge in [-0.2, -0.15) is 0 Å². The molecule has 3 heterocycles. The molecule has 17 heteroatoms. The highest BCUT2D eigenvalue weighted by Gasteiger charge is 2.46. The molecule has 3 N–H and O–H groups in total. The number of hydrogen-bond donors (Lipinski definition) is 3. The van der Waals surface area contributed by atoms with E-state index < -0.39 is 74.1 Å². The van der Waals surface area contributed by atoms with Gasteiger partial charge in [-0.15, -0.1) is 0 Å². The molecule has 60 heavy (non-hydrogen) atoms. The third kappa shape index (κ3) is 11.5. The molecule has 330 valence electrons. The number of aromatic nitrogens is 1. The maximum Gasteiger partial charge on any atom is 0.356 e. The van der Waals surface area contributed by atoms with E-state index in [1.807, 2.05) is 12.2 Å². The number of urea groups is 1. The molecule has 1 aromatic carbocycles. The average molecular weight is 856 g/mol. The van der Waals surface area contributed by atoms with E-state index in [1.54, 1.807) is 39.0 Å². The molecule has 2 aromatic rings. The molecular formula is C43H61N5O11S. The minimum atomic E-state index is -3.62. The first kappa shape index (κ1) is 46.1. The van der Waals surface area contributed by atoms with Gasteiger partial charge in [0.05, 0.1) is 49.4 Å². The first-order chi connectivity index (χ1) is 28.5. The summed E-state index contributed by atoms with van der Waals surface area (Å²) in [6.45, 7) is 4.85. The highest BCUT2D eigenvalue weighted by molar-refractivity contribution is 7.92. The van der Waals surface area contributed by atoms with Crippen molar-refractivity contribution in [3.63, 3.8) is 0 Å². The molecule has 0 radical (unpaired) electrons. The van der Waals surface area contributed by atoms with Crippen LogP contribution in [0, 0.1) is 0 Å². The number of carbonyl (C=O) groups is 5. The molecule has 1 aromatic heterocycles. The van der Waals surface area contributed by atoms with Gasteiger partial charge in [-0.3, -0.25) is 9.59 Å². The van der Waals surface area contributed by atoms with Crippen LogP contribution in [0.15, 0.2) is 36.4 Å². The zero-order valence-electron chi connectivity index (χ0n) is 35.7. The second-order valence-electron chi connectivity index (χ2n) is 17.0. The van der Waals surface area contributed by atoms with E-state index in [1.165, 1.54) is 32.3 Å². The summed E-state index contributed by atoms with van der Waals surface area (Å²) < 4.78 is 47.8. The molecule has 4 atom stereocenters. The van der Waals surface area contributed by atoms with E-state index >= 15 is 0 Å². The quantitative estimate of drug-likeness (QED) is 0.227. The molecule has 0 unspecified atom stereocenters. The maximum atomic E-state index is 14.8. The number of rotatable bonds is 9. The maximum absolute atomic E-state index is 14.8. The number of nitrogens with zero attached hydrogens (tertiary/aromatic N) is 2. The third-order valence-corrected chi connectivity index (χ3v) is 14.5. The summed E-state index contributed by atoms with van der Waals surface area (Å²) in [5.41, 5.74) is -0.649. The number of ether oxygens (including phenoxy) is 4. The van der Waals surface area contributed by atoms with Crippen LogP contribution in [0.1, 0.15) is 115 Å². The molecule has 1 aliphatic carbocycles. The van der Waals surface area contributed by atoms with Gasteiger partial charge in [0.15, 0.2) is 15.5 Å². The Labute approximate surface area is 352 Å². The van der Waals surface area contributed by atoms with E-state index in [9.17, 15) is 32.4 Å². The molecule has 0 spiro atoms. The van der Waals surface area contributed by atoms with Gasteiger partial charge in [0, 0.05) is 23.9 Å². The second kappa shape index (κ2) is 20.1. The first-order valence-electron chi connectivity index (χ1n) is 20.9. The van der Waals surface area contributed by atoms with Gasteiger partial charge in [-0.1, -0.05) is 44.3 Å². The summed E-state index contributed by atoms with van der Waals surface area (Å²) in [6, 6.07) is 2.67. The zero-order chi connectivity index (χ0) is 43.7. The number of pyridine rings is 1. The van der Waals surface area contributed by atoms with Gasteiger partial charge in [0.2, 0.25) is 11.8 Å². The monoisotopic (exact) mass is 855 g/mol. The topological polar surface area (TPSA) is 209 Å². The van der Waals surface area contributed by atoms with Crippen molar-refractivity contribution in [3.05, 3.63) is 42.1 Å². The highest BCUT2D eigenvalue weighted by Crippen LogP contribution is 2.34. The molecule has 0 bridgehead atoms. The predicted molar refractivity (Wildman–Crippen MR) is 224 cm³/mol. The summed E-state index contributed by atoms with van der Waals surface area (Å²) in [5.74, 6) is -1.93. The Bertz CT molecular complexity index is 2030. The Kier molecular flexibility index (Phi) is 15.4. The Hall–Kier alpha value is -4.93. The molecule has 4 amide bonds. The minimum Gasteiger partial charge on any atom is -0.497 e. The Balaban J connectivity index is 1.49. The minimum absolute atomic E-state index is 0.00554. The van der Waals surface area contributed by atoms with Crippen LogP contribution < -0.4 is 25.4 Å². The summed E-state index contributed by atoms with van der Waals surface area (Å²) in [6.07, 6.45) is 10.6. The number of benzene rings is 1. The van der Waals surface area contributed by atoms with Crippen molar-refractivity contribution in [2.75, 3.05) is 33.6 Å². The number of nitrogens with one attached hydrogen (secondary N) is 3. The number of fused-ring (bicyclic) bond motifs is 2. The first-order valence-corrected chi connectivity index (χ1v) is 22.5. The van der Waals surface area contributed by atoms with Crippen LogP contribution in [0.5, 0.6) is 11.5 Å². The van der Waals surface area contributed by atoms with Gasteiger partial charge in [0.1, 0.15) is 35.7 Å². The lowest BCUT2D eigenvalue weighted by atomic mass is 9.83. The number of hydrogen-bond acceptors (Lipinski definition) is 12. The fraction of sp³-hybridized carbons (Fsp3) is 0.628. The smallest absolute Gasteiger partial charge is 0.356 e. The van der Waals surface area contributed by atoms with Crippen LogP contribution in [-0.2, 0) is 33.7 Å². The summed E-state index contributed by atoms with van der Waals surface area (Å²) in [7, 11) is 0.360. The van der Waals surface area contributed by atoms with Crippen molar-refractivity contribution in [3.8, 4) is 11.5 Å². The third-order valence-electron chi connectivity index (χ3n) is 11.7. The Morgan fingerprint density at radius 2 is 1.65 bits per heavy atom. The number of amides is 4. The van der Waals surface area contributed by atoms with Crippen LogP contribution in [0.4, 0.5) is 4.79 Å². The highest BCUT2D eigenvalue weighted by atomic mass is 32.2. The molecule has 1 saturated heterocycles. The molecule has 5 rings (SSSR count). The van der Waals surface area contributed by atoms with Gasteiger partial charge in [-0.05, 0) is 77.8 Å².